The SMILES string of the molecule is Cc1c(C(C)NC(=O)c2ccc(-c3ccccc3)[nH]c2=O)cnn1C. The summed E-state index contributed by atoms with van der Waals surface area (Å²) in [6, 6.07) is 12.6. The number of nitrogens with zero attached hydrogens (tertiary/aromatic N) is 2. The molecule has 6 heteroatoms. The molecule has 2 heterocycles. The zero-order valence-electron chi connectivity index (χ0n) is 14.4. The van der Waals surface area contributed by atoms with Gasteiger partial charge in [-0.25, -0.2) is 0 Å². The molecule has 2 N–H and O–H groups in total. The lowest BCUT2D eigenvalue weighted by molar-refractivity contribution is 0.0938. The zero-order chi connectivity index (χ0) is 18.0. The van der Waals surface area contributed by atoms with Gasteiger partial charge in [-0.1, -0.05) is 30.3 Å². The lowest BCUT2D eigenvalue weighted by Crippen LogP contribution is -2.31. The van der Waals surface area contributed by atoms with Gasteiger partial charge >= 0.3 is 0 Å². The van der Waals surface area contributed by atoms with Crippen molar-refractivity contribution in [2.24, 2.45) is 7.05 Å². The van der Waals surface area contributed by atoms with E-state index in [4.69, 9.17) is 0 Å². The van der Waals surface area contributed by atoms with Crippen molar-refractivity contribution < 1.29 is 4.79 Å². The van der Waals surface area contributed by atoms with Crippen LogP contribution in [0.15, 0.2) is 53.5 Å². The molecule has 0 bridgehead atoms. The van der Waals surface area contributed by atoms with Gasteiger partial charge in [0.15, 0.2) is 0 Å². The third kappa shape index (κ3) is 3.38. The zero-order valence-corrected chi connectivity index (χ0v) is 14.4. The predicted octanol–water partition coefficient (Wildman–Crippen LogP) is 2.57. The Hall–Kier alpha value is -3.15. The van der Waals surface area contributed by atoms with Crippen molar-refractivity contribution in [2.45, 2.75) is 19.9 Å². The van der Waals surface area contributed by atoms with Gasteiger partial charge in [0.05, 0.1) is 12.2 Å². The van der Waals surface area contributed by atoms with Crippen molar-refractivity contribution in [3.8, 4) is 11.3 Å². The van der Waals surface area contributed by atoms with Gasteiger partial charge < -0.3 is 10.3 Å². The summed E-state index contributed by atoms with van der Waals surface area (Å²) in [7, 11) is 1.85. The number of nitrogens with one attached hydrogen (secondary N) is 2. The number of carbonyl (C=O) groups excluding carboxylic acids is 1. The molecular weight excluding hydrogens is 316 g/mol. The highest BCUT2D eigenvalue weighted by Crippen LogP contribution is 2.17. The summed E-state index contributed by atoms with van der Waals surface area (Å²) in [5.74, 6) is -0.406. The second kappa shape index (κ2) is 6.76. The topological polar surface area (TPSA) is 79.8 Å². The number of carbonyl (C=O) groups is 1. The van der Waals surface area contributed by atoms with E-state index in [0.29, 0.717) is 5.69 Å². The Bertz CT molecular complexity index is 957. The fourth-order valence-electron chi connectivity index (χ4n) is 2.73. The summed E-state index contributed by atoms with van der Waals surface area (Å²) in [5, 5.41) is 7.03. The van der Waals surface area contributed by atoms with Crippen LogP contribution in [0, 0.1) is 6.92 Å². The number of rotatable bonds is 4. The minimum absolute atomic E-state index is 0.0908. The Morgan fingerprint density at radius 3 is 2.52 bits per heavy atom. The molecule has 0 spiro atoms. The van der Waals surface area contributed by atoms with Crippen LogP contribution in [-0.4, -0.2) is 20.7 Å². The molecule has 0 saturated heterocycles. The van der Waals surface area contributed by atoms with E-state index in [-0.39, 0.29) is 11.6 Å². The van der Waals surface area contributed by atoms with E-state index in [1.165, 1.54) is 0 Å². The van der Waals surface area contributed by atoms with Crippen LogP contribution in [-0.2, 0) is 7.05 Å². The largest absolute Gasteiger partial charge is 0.345 e. The van der Waals surface area contributed by atoms with Gasteiger partial charge in [-0.3, -0.25) is 14.3 Å². The summed E-state index contributed by atoms with van der Waals surface area (Å²) >= 11 is 0. The maximum atomic E-state index is 12.5. The molecule has 1 aromatic carbocycles. The third-order valence-electron chi connectivity index (χ3n) is 4.33. The van der Waals surface area contributed by atoms with Crippen molar-refractivity contribution in [1.82, 2.24) is 20.1 Å². The first-order chi connectivity index (χ1) is 12.0. The molecule has 0 saturated carbocycles. The van der Waals surface area contributed by atoms with E-state index in [9.17, 15) is 9.59 Å². The second-order valence-corrected chi connectivity index (χ2v) is 5.98. The van der Waals surface area contributed by atoms with Gasteiger partial charge in [0.25, 0.3) is 11.5 Å². The first-order valence-corrected chi connectivity index (χ1v) is 8.05. The number of aromatic nitrogens is 3. The van der Waals surface area contributed by atoms with Gasteiger partial charge in [-0.15, -0.1) is 0 Å². The minimum Gasteiger partial charge on any atom is -0.345 e. The standard InChI is InChI=1S/C19H20N4O2/c1-12(16-11-20-23(3)13(16)2)21-18(24)15-9-10-17(22-19(15)25)14-7-5-4-6-8-14/h4-12H,1-3H3,(H,21,24)(H,22,25). The van der Waals surface area contributed by atoms with Crippen molar-refractivity contribution in [2.75, 3.05) is 0 Å². The molecule has 0 aliphatic carbocycles. The highest BCUT2D eigenvalue weighted by molar-refractivity contribution is 5.94. The molecule has 0 aliphatic heterocycles. The number of benzene rings is 1. The minimum atomic E-state index is -0.408. The molecule has 3 rings (SSSR count). The number of H-pyrrole nitrogens is 1. The van der Waals surface area contributed by atoms with Crippen LogP contribution in [0.5, 0.6) is 0 Å². The van der Waals surface area contributed by atoms with Crippen molar-refractivity contribution >= 4 is 5.91 Å². The monoisotopic (exact) mass is 336 g/mol. The van der Waals surface area contributed by atoms with E-state index < -0.39 is 11.5 Å². The first kappa shape index (κ1) is 16.7. The second-order valence-electron chi connectivity index (χ2n) is 5.98. The number of amides is 1. The summed E-state index contributed by atoms with van der Waals surface area (Å²) in [5.41, 5.74) is 3.15. The summed E-state index contributed by atoms with van der Waals surface area (Å²) in [4.78, 5) is 27.5. The average Bonchev–Trinajstić information content (AvgIpc) is 2.94. The van der Waals surface area contributed by atoms with E-state index >= 15 is 0 Å². The highest BCUT2D eigenvalue weighted by Gasteiger charge is 2.17. The quantitative estimate of drug-likeness (QED) is 0.768. The normalized spacial score (nSPS) is 12.0. The van der Waals surface area contributed by atoms with Crippen LogP contribution in [0.3, 0.4) is 0 Å². The highest BCUT2D eigenvalue weighted by atomic mass is 16.2. The molecule has 25 heavy (non-hydrogen) atoms. The number of hydrogen-bond acceptors (Lipinski definition) is 3. The fourth-order valence-corrected chi connectivity index (χ4v) is 2.73. The van der Waals surface area contributed by atoms with Gasteiger partial charge in [-0.2, -0.15) is 5.10 Å². The van der Waals surface area contributed by atoms with Crippen molar-refractivity contribution in [1.29, 1.82) is 0 Å². The Morgan fingerprint density at radius 1 is 1.20 bits per heavy atom. The Labute approximate surface area is 145 Å². The predicted molar refractivity (Wildman–Crippen MR) is 96.3 cm³/mol. The van der Waals surface area contributed by atoms with Crippen molar-refractivity contribution in [3.63, 3.8) is 0 Å². The Morgan fingerprint density at radius 2 is 1.92 bits per heavy atom. The molecule has 0 aliphatic rings. The number of hydrogen-bond donors (Lipinski definition) is 2. The smallest absolute Gasteiger partial charge is 0.261 e. The molecule has 128 valence electrons. The Balaban J connectivity index is 1.81. The van der Waals surface area contributed by atoms with E-state index in [1.807, 2.05) is 51.2 Å². The average molecular weight is 336 g/mol. The van der Waals surface area contributed by atoms with Crippen molar-refractivity contribution in [3.05, 3.63) is 75.8 Å². The molecular formula is C19H20N4O2. The maximum absolute atomic E-state index is 12.5. The van der Waals surface area contributed by atoms with E-state index in [2.05, 4.69) is 15.4 Å². The number of aryl methyl sites for hydroxylation is 1. The molecule has 1 unspecified atom stereocenters. The molecule has 0 radical (unpaired) electrons. The molecule has 2 aromatic heterocycles. The van der Waals surface area contributed by atoms with E-state index in [0.717, 1.165) is 16.8 Å². The van der Waals surface area contributed by atoms with Crippen LogP contribution in [0.1, 0.15) is 34.6 Å². The van der Waals surface area contributed by atoms with Crippen LogP contribution < -0.4 is 10.9 Å². The van der Waals surface area contributed by atoms with Gasteiger partial charge in [0.2, 0.25) is 0 Å². The summed E-state index contributed by atoms with van der Waals surface area (Å²) in [6.45, 7) is 3.81. The van der Waals surface area contributed by atoms with Crippen LogP contribution in [0.25, 0.3) is 11.3 Å². The molecule has 6 nitrogen and oxygen atoms in total. The number of pyridine rings is 1. The van der Waals surface area contributed by atoms with Gasteiger partial charge in [0, 0.05) is 24.0 Å². The fraction of sp³-hybridized carbons (Fsp3) is 0.211. The van der Waals surface area contributed by atoms with Gasteiger partial charge in [-0.05, 0) is 31.5 Å². The van der Waals surface area contributed by atoms with Crippen LogP contribution in [0.4, 0.5) is 0 Å². The van der Waals surface area contributed by atoms with Crippen LogP contribution >= 0.6 is 0 Å². The third-order valence-corrected chi connectivity index (χ3v) is 4.33. The molecule has 0 fully saturated rings. The van der Waals surface area contributed by atoms with Crippen LogP contribution in [0.2, 0.25) is 0 Å². The molecule has 3 aromatic rings. The van der Waals surface area contributed by atoms with Gasteiger partial charge in [0.1, 0.15) is 5.56 Å². The lowest BCUT2D eigenvalue weighted by atomic mass is 10.1. The Kier molecular flexibility index (Phi) is 4.52. The summed E-state index contributed by atoms with van der Waals surface area (Å²) < 4.78 is 1.75. The first-order valence-electron chi connectivity index (χ1n) is 8.05. The lowest BCUT2D eigenvalue weighted by Gasteiger charge is -2.13. The summed E-state index contributed by atoms with van der Waals surface area (Å²) in [6.07, 6.45) is 1.73. The maximum Gasteiger partial charge on any atom is 0.261 e. The molecule has 1 atom stereocenters. The molecule has 1 amide bonds. The van der Waals surface area contributed by atoms with E-state index in [1.54, 1.807) is 23.0 Å². The number of aromatic amines is 1.